The van der Waals surface area contributed by atoms with Crippen LogP contribution in [0, 0.1) is 5.92 Å². The van der Waals surface area contributed by atoms with E-state index in [1.165, 1.54) is 45.3 Å². The van der Waals surface area contributed by atoms with Gasteiger partial charge in [0.2, 0.25) is 0 Å². The third-order valence-corrected chi connectivity index (χ3v) is 4.01. The van der Waals surface area contributed by atoms with E-state index in [4.69, 9.17) is 0 Å². The summed E-state index contributed by atoms with van der Waals surface area (Å²) in [7, 11) is 0. The zero-order valence-electron chi connectivity index (χ0n) is 9.63. The Bertz CT molecular complexity index is 181. The molecule has 0 aromatic heterocycles. The van der Waals surface area contributed by atoms with Gasteiger partial charge in [0.05, 0.1) is 0 Å². The summed E-state index contributed by atoms with van der Waals surface area (Å²) < 4.78 is 0. The van der Waals surface area contributed by atoms with E-state index in [1.807, 2.05) is 0 Å². The molecule has 3 unspecified atom stereocenters. The fraction of sp³-hybridized carbons (Fsp3) is 1.00. The maximum absolute atomic E-state index is 3.52. The highest BCUT2D eigenvalue weighted by molar-refractivity contribution is 4.89. The number of nitrogens with zero attached hydrogens (tertiary/aromatic N) is 1. The normalized spacial score (nSPS) is 41.1. The maximum atomic E-state index is 3.52. The fourth-order valence-electron chi connectivity index (χ4n) is 3.03. The minimum atomic E-state index is 0.808. The molecule has 2 aliphatic heterocycles. The van der Waals surface area contributed by atoms with Crippen molar-refractivity contribution in [2.45, 2.75) is 51.6 Å². The summed E-state index contributed by atoms with van der Waals surface area (Å²) in [5.41, 5.74) is 0. The van der Waals surface area contributed by atoms with Crippen LogP contribution in [0.5, 0.6) is 0 Å². The van der Waals surface area contributed by atoms with Crippen LogP contribution in [-0.4, -0.2) is 36.6 Å². The fourth-order valence-corrected chi connectivity index (χ4v) is 3.03. The van der Waals surface area contributed by atoms with E-state index in [2.05, 4.69) is 24.1 Å². The van der Waals surface area contributed by atoms with Crippen LogP contribution in [0.25, 0.3) is 0 Å². The summed E-state index contributed by atoms with van der Waals surface area (Å²) in [4.78, 5) is 2.76. The van der Waals surface area contributed by atoms with Crippen molar-refractivity contribution in [3.05, 3.63) is 0 Å². The van der Waals surface area contributed by atoms with Gasteiger partial charge in [0.15, 0.2) is 0 Å². The van der Waals surface area contributed by atoms with Gasteiger partial charge in [-0.3, -0.25) is 4.90 Å². The average molecular weight is 196 g/mol. The first kappa shape index (κ1) is 10.4. The minimum absolute atomic E-state index is 0.808. The van der Waals surface area contributed by atoms with Crippen molar-refractivity contribution in [1.82, 2.24) is 10.2 Å². The van der Waals surface area contributed by atoms with E-state index in [0.29, 0.717) is 0 Å². The van der Waals surface area contributed by atoms with Crippen LogP contribution in [0.2, 0.25) is 0 Å². The summed E-state index contributed by atoms with van der Waals surface area (Å²) in [5.74, 6) is 0.843. The van der Waals surface area contributed by atoms with Gasteiger partial charge in [-0.05, 0) is 38.8 Å². The number of likely N-dealkylation sites (tertiary alicyclic amines) is 1. The molecule has 0 amide bonds. The van der Waals surface area contributed by atoms with E-state index in [9.17, 15) is 0 Å². The lowest BCUT2D eigenvalue weighted by atomic mass is 10.0. The molecule has 2 aliphatic rings. The lowest BCUT2D eigenvalue weighted by molar-refractivity contribution is 0.132. The van der Waals surface area contributed by atoms with Gasteiger partial charge in [-0.25, -0.2) is 0 Å². The second-order valence-electron chi connectivity index (χ2n) is 5.14. The Morgan fingerprint density at radius 1 is 1.07 bits per heavy atom. The number of hydrogen-bond acceptors (Lipinski definition) is 2. The van der Waals surface area contributed by atoms with Gasteiger partial charge in [-0.15, -0.1) is 0 Å². The molecule has 2 rings (SSSR count). The van der Waals surface area contributed by atoms with Gasteiger partial charge in [0, 0.05) is 18.6 Å². The smallest absolute Gasteiger partial charge is 0.0261 e. The van der Waals surface area contributed by atoms with Crippen LogP contribution in [0.4, 0.5) is 0 Å². The molecule has 0 radical (unpaired) electrons. The van der Waals surface area contributed by atoms with E-state index in [0.717, 1.165) is 18.0 Å². The lowest BCUT2D eigenvalue weighted by Gasteiger charge is -2.34. The largest absolute Gasteiger partial charge is 0.315 e. The van der Waals surface area contributed by atoms with Crippen molar-refractivity contribution in [3.8, 4) is 0 Å². The maximum Gasteiger partial charge on any atom is 0.0261 e. The van der Waals surface area contributed by atoms with Crippen molar-refractivity contribution in [2.24, 2.45) is 5.92 Å². The quantitative estimate of drug-likeness (QED) is 0.688. The Morgan fingerprint density at radius 3 is 2.64 bits per heavy atom. The third kappa shape index (κ3) is 2.12. The second kappa shape index (κ2) is 4.63. The van der Waals surface area contributed by atoms with E-state index < -0.39 is 0 Å². The standard InChI is InChI=1S/C12H24N2/c1-10-8-13-9-12(10)14-7-5-3-4-6-11(14)2/h10-13H,3-9H2,1-2H3. The highest BCUT2D eigenvalue weighted by Crippen LogP contribution is 2.23. The lowest BCUT2D eigenvalue weighted by Crippen LogP contribution is -2.45. The van der Waals surface area contributed by atoms with Gasteiger partial charge in [0.1, 0.15) is 0 Å². The van der Waals surface area contributed by atoms with Gasteiger partial charge in [0.25, 0.3) is 0 Å². The molecular formula is C12H24N2. The van der Waals surface area contributed by atoms with E-state index in [-0.39, 0.29) is 0 Å². The van der Waals surface area contributed by atoms with Gasteiger partial charge < -0.3 is 5.32 Å². The first-order chi connectivity index (χ1) is 6.79. The molecule has 2 heterocycles. The topological polar surface area (TPSA) is 15.3 Å². The Hall–Kier alpha value is -0.0800. The zero-order valence-corrected chi connectivity index (χ0v) is 9.63. The Kier molecular flexibility index (Phi) is 3.45. The molecule has 2 heteroatoms. The van der Waals surface area contributed by atoms with E-state index in [1.54, 1.807) is 0 Å². The van der Waals surface area contributed by atoms with Crippen molar-refractivity contribution >= 4 is 0 Å². The summed E-state index contributed by atoms with van der Waals surface area (Å²) in [6.07, 6.45) is 5.69. The van der Waals surface area contributed by atoms with Crippen LogP contribution in [0.1, 0.15) is 39.5 Å². The molecule has 2 fully saturated rings. The van der Waals surface area contributed by atoms with Crippen LogP contribution in [-0.2, 0) is 0 Å². The SMILES string of the molecule is CC1CNCC1N1CCCCCC1C. The van der Waals surface area contributed by atoms with Crippen molar-refractivity contribution in [2.75, 3.05) is 19.6 Å². The monoisotopic (exact) mass is 196 g/mol. The Morgan fingerprint density at radius 2 is 1.93 bits per heavy atom. The second-order valence-corrected chi connectivity index (χ2v) is 5.14. The molecule has 1 N–H and O–H groups in total. The summed E-state index contributed by atoms with van der Waals surface area (Å²) in [6, 6.07) is 1.62. The highest BCUT2D eigenvalue weighted by atomic mass is 15.2. The molecule has 0 aromatic rings. The van der Waals surface area contributed by atoms with Gasteiger partial charge in [-0.2, -0.15) is 0 Å². The molecule has 0 aliphatic carbocycles. The molecule has 0 saturated carbocycles. The number of nitrogens with one attached hydrogen (secondary N) is 1. The van der Waals surface area contributed by atoms with Crippen molar-refractivity contribution < 1.29 is 0 Å². The molecule has 82 valence electrons. The first-order valence-corrected chi connectivity index (χ1v) is 6.25. The number of rotatable bonds is 1. The van der Waals surface area contributed by atoms with Crippen molar-refractivity contribution in [3.63, 3.8) is 0 Å². The molecule has 0 aromatic carbocycles. The molecule has 3 atom stereocenters. The van der Waals surface area contributed by atoms with Crippen LogP contribution >= 0.6 is 0 Å². The zero-order chi connectivity index (χ0) is 9.97. The first-order valence-electron chi connectivity index (χ1n) is 6.25. The van der Waals surface area contributed by atoms with Crippen molar-refractivity contribution in [1.29, 1.82) is 0 Å². The number of hydrogen-bond donors (Lipinski definition) is 1. The molecule has 2 nitrogen and oxygen atoms in total. The highest BCUT2D eigenvalue weighted by Gasteiger charge is 2.31. The predicted octanol–water partition coefficient (Wildman–Crippen LogP) is 1.86. The molecular weight excluding hydrogens is 172 g/mol. The summed E-state index contributed by atoms with van der Waals surface area (Å²) in [5, 5.41) is 3.52. The van der Waals surface area contributed by atoms with Crippen LogP contribution in [0.15, 0.2) is 0 Å². The van der Waals surface area contributed by atoms with Crippen LogP contribution in [0.3, 0.4) is 0 Å². The average Bonchev–Trinajstić information content (AvgIpc) is 2.46. The Balaban J connectivity index is 1.99. The predicted molar refractivity (Wildman–Crippen MR) is 60.5 cm³/mol. The third-order valence-electron chi connectivity index (χ3n) is 4.01. The van der Waals surface area contributed by atoms with E-state index >= 15 is 0 Å². The Labute approximate surface area is 88.1 Å². The summed E-state index contributed by atoms with van der Waals surface area (Å²) in [6.45, 7) is 8.57. The molecule has 2 saturated heterocycles. The molecule has 14 heavy (non-hydrogen) atoms. The van der Waals surface area contributed by atoms with Crippen LogP contribution < -0.4 is 5.32 Å². The van der Waals surface area contributed by atoms with Gasteiger partial charge in [-0.1, -0.05) is 19.8 Å². The molecule has 0 bridgehead atoms. The van der Waals surface area contributed by atoms with Gasteiger partial charge >= 0.3 is 0 Å². The summed E-state index contributed by atoms with van der Waals surface area (Å²) >= 11 is 0. The minimum Gasteiger partial charge on any atom is -0.315 e. The molecule has 0 spiro atoms.